The van der Waals surface area contributed by atoms with Crippen LogP contribution in [0.4, 0.5) is 5.13 Å². The maximum absolute atomic E-state index is 12.7. The number of thiazole rings is 1. The van der Waals surface area contributed by atoms with Crippen LogP contribution in [0.5, 0.6) is 0 Å². The van der Waals surface area contributed by atoms with Crippen LogP contribution in [0.2, 0.25) is 0 Å². The van der Waals surface area contributed by atoms with Gasteiger partial charge < -0.3 is 4.90 Å². The molecule has 0 radical (unpaired) electrons. The van der Waals surface area contributed by atoms with E-state index in [0.29, 0.717) is 10.8 Å². The molecule has 4 rings (SSSR count). The number of pyridine rings is 1. The number of hydrogen-bond donors (Lipinski definition) is 1. The quantitative estimate of drug-likeness (QED) is 0.628. The first kappa shape index (κ1) is 21.2. The summed E-state index contributed by atoms with van der Waals surface area (Å²) in [5, 5.41) is 5.22. The van der Waals surface area contributed by atoms with Gasteiger partial charge in [0.15, 0.2) is 5.13 Å². The summed E-state index contributed by atoms with van der Waals surface area (Å²) in [6.07, 6.45) is 2.02. The molecule has 0 unspecified atom stereocenters. The Morgan fingerprint density at radius 3 is 2.32 bits per heavy atom. The van der Waals surface area contributed by atoms with Crippen LogP contribution in [-0.2, 0) is 5.41 Å². The predicted molar refractivity (Wildman–Crippen MR) is 124 cm³/mol. The highest BCUT2D eigenvalue weighted by molar-refractivity contribution is 7.14. The van der Waals surface area contributed by atoms with E-state index in [9.17, 15) is 9.59 Å². The SMILES string of the molecule is CC(C)(C)c1ccc(-c2csc(NC(=O)c3cccc(C(=O)N4CCCC4)n3)n2)cc1. The molecule has 1 saturated heterocycles. The summed E-state index contributed by atoms with van der Waals surface area (Å²) in [5.41, 5.74) is 3.67. The first-order valence-electron chi connectivity index (χ1n) is 10.5. The number of nitrogens with zero attached hydrogens (tertiary/aromatic N) is 3. The van der Waals surface area contributed by atoms with E-state index in [2.05, 4.69) is 60.3 Å². The Labute approximate surface area is 186 Å². The van der Waals surface area contributed by atoms with E-state index in [4.69, 9.17) is 0 Å². The van der Waals surface area contributed by atoms with Gasteiger partial charge in [0.2, 0.25) is 0 Å². The lowest BCUT2D eigenvalue weighted by Gasteiger charge is -2.18. The molecule has 1 aliphatic rings. The number of anilines is 1. The molecule has 0 saturated carbocycles. The molecule has 1 fully saturated rings. The maximum atomic E-state index is 12.7. The van der Waals surface area contributed by atoms with Crippen molar-refractivity contribution in [3.63, 3.8) is 0 Å². The van der Waals surface area contributed by atoms with E-state index in [1.54, 1.807) is 23.1 Å². The number of amides is 2. The van der Waals surface area contributed by atoms with Crippen LogP contribution in [-0.4, -0.2) is 39.8 Å². The minimum absolute atomic E-state index is 0.0947. The van der Waals surface area contributed by atoms with E-state index in [1.807, 2.05) is 5.38 Å². The fourth-order valence-electron chi connectivity index (χ4n) is 3.53. The highest BCUT2D eigenvalue weighted by atomic mass is 32.1. The second kappa shape index (κ2) is 8.59. The number of aromatic nitrogens is 2. The zero-order chi connectivity index (χ0) is 22.0. The molecule has 7 heteroatoms. The molecule has 2 amide bonds. The van der Waals surface area contributed by atoms with Crippen molar-refractivity contribution in [1.82, 2.24) is 14.9 Å². The number of carbonyl (C=O) groups excluding carboxylic acids is 2. The van der Waals surface area contributed by atoms with Gasteiger partial charge in [0.05, 0.1) is 5.69 Å². The van der Waals surface area contributed by atoms with Crippen LogP contribution in [0.15, 0.2) is 47.8 Å². The second-order valence-electron chi connectivity index (χ2n) is 8.73. The Kier molecular flexibility index (Phi) is 5.87. The van der Waals surface area contributed by atoms with Crippen LogP contribution in [0, 0.1) is 0 Å². The Morgan fingerprint density at radius 1 is 0.968 bits per heavy atom. The Morgan fingerprint density at radius 2 is 1.65 bits per heavy atom. The molecule has 0 spiro atoms. The summed E-state index contributed by atoms with van der Waals surface area (Å²) in [6, 6.07) is 13.3. The average Bonchev–Trinajstić information content (AvgIpc) is 3.45. The van der Waals surface area contributed by atoms with Crippen molar-refractivity contribution in [2.75, 3.05) is 18.4 Å². The van der Waals surface area contributed by atoms with E-state index in [0.717, 1.165) is 37.2 Å². The van der Waals surface area contributed by atoms with Gasteiger partial charge in [-0.05, 0) is 36.0 Å². The monoisotopic (exact) mass is 434 g/mol. The zero-order valence-electron chi connectivity index (χ0n) is 18.0. The van der Waals surface area contributed by atoms with E-state index < -0.39 is 0 Å². The van der Waals surface area contributed by atoms with Crippen molar-refractivity contribution in [1.29, 1.82) is 0 Å². The largest absolute Gasteiger partial charge is 0.337 e. The van der Waals surface area contributed by atoms with Gasteiger partial charge in [-0.3, -0.25) is 14.9 Å². The lowest BCUT2D eigenvalue weighted by atomic mass is 9.86. The average molecular weight is 435 g/mol. The fraction of sp³-hybridized carbons (Fsp3) is 0.333. The van der Waals surface area contributed by atoms with Crippen LogP contribution in [0.3, 0.4) is 0 Å². The first-order chi connectivity index (χ1) is 14.8. The van der Waals surface area contributed by atoms with Crippen LogP contribution >= 0.6 is 11.3 Å². The summed E-state index contributed by atoms with van der Waals surface area (Å²) >= 11 is 1.36. The molecule has 31 heavy (non-hydrogen) atoms. The lowest BCUT2D eigenvalue weighted by molar-refractivity contribution is 0.0787. The van der Waals surface area contributed by atoms with Crippen molar-refractivity contribution in [2.24, 2.45) is 0 Å². The van der Waals surface area contributed by atoms with Gasteiger partial charge in [0, 0.05) is 24.0 Å². The van der Waals surface area contributed by atoms with Crippen molar-refractivity contribution in [3.8, 4) is 11.3 Å². The number of nitrogens with one attached hydrogen (secondary N) is 1. The highest BCUT2D eigenvalue weighted by Crippen LogP contribution is 2.28. The summed E-state index contributed by atoms with van der Waals surface area (Å²) in [5.74, 6) is -0.498. The van der Waals surface area contributed by atoms with E-state index in [1.165, 1.54) is 16.9 Å². The van der Waals surface area contributed by atoms with Gasteiger partial charge in [-0.1, -0.05) is 51.1 Å². The van der Waals surface area contributed by atoms with E-state index >= 15 is 0 Å². The first-order valence-corrected chi connectivity index (χ1v) is 11.3. The maximum Gasteiger partial charge on any atom is 0.276 e. The van der Waals surface area contributed by atoms with E-state index in [-0.39, 0.29) is 22.9 Å². The van der Waals surface area contributed by atoms with Gasteiger partial charge in [-0.25, -0.2) is 9.97 Å². The molecular weight excluding hydrogens is 408 g/mol. The van der Waals surface area contributed by atoms with Crippen molar-refractivity contribution in [3.05, 3.63) is 64.8 Å². The summed E-state index contributed by atoms with van der Waals surface area (Å²) in [4.78, 5) is 35.8. The number of benzene rings is 1. The van der Waals surface area contributed by atoms with Gasteiger partial charge in [-0.15, -0.1) is 11.3 Å². The predicted octanol–water partition coefficient (Wildman–Crippen LogP) is 4.99. The van der Waals surface area contributed by atoms with Crippen LogP contribution in [0.25, 0.3) is 11.3 Å². The minimum atomic E-state index is -0.375. The number of carbonyl (C=O) groups is 2. The molecule has 6 nitrogen and oxygen atoms in total. The van der Waals surface area contributed by atoms with Crippen molar-refractivity contribution < 1.29 is 9.59 Å². The third-order valence-electron chi connectivity index (χ3n) is 5.37. The third kappa shape index (κ3) is 4.82. The molecule has 3 heterocycles. The Hall–Kier alpha value is -3.06. The molecule has 160 valence electrons. The lowest BCUT2D eigenvalue weighted by Crippen LogP contribution is -2.29. The molecule has 0 atom stereocenters. The third-order valence-corrected chi connectivity index (χ3v) is 6.12. The molecular formula is C24H26N4O2S. The fourth-order valence-corrected chi connectivity index (χ4v) is 4.24. The van der Waals surface area contributed by atoms with Gasteiger partial charge in [0.1, 0.15) is 11.4 Å². The number of likely N-dealkylation sites (tertiary alicyclic amines) is 1. The molecule has 1 aromatic carbocycles. The molecule has 1 aliphatic heterocycles. The van der Waals surface area contributed by atoms with Crippen LogP contribution in [0.1, 0.15) is 60.2 Å². The normalized spacial score (nSPS) is 14.0. The molecule has 3 aromatic rings. The molecule has 1 N–H and O–H groups in total. The summed E-state index contributed by atoms with van der Waals surface area (Å²) in [7, 11) is 0. The molecule has 0 bridgehead atoms. The summed E-state index contributed by atoms with van der Waals surface area (Å²) in [6.45, 7) is 8.03. The Balaban J connectivity index is 1.46. The zero-order valence-corrected chi connectivity index (χ0v) is 18.8. The van der Waals surface area contributed by atoms with Crippen LogP contribution < -0.4 is 5.32 Å². The van der Waals surface area contributed by atoms with Gasteiger partial charge in [0.25, 0.3) is 11.8 Å². The summed E-state index contributed by atoms with van der Waals surface area (Å²) < 4.78 is 0. The smallest absolute Gasteiger partial charge is 0.276 e. The van der Waals surface area contributed by atoms with Crippen molar-refractivity contribution >= 4 is 28.3 Å². The molecule has 2 aromatic heterocycles. The Bertz CT molecular complexity index is 1090. The highest BCUT2D eigenvalue weighted by Gasteiger charge is 2.22. The van der Waals surface area contributed by atoms with Gasteiger partial charge >= 0.3 is 0 Å². The topological polar surface area (TPSA) is 75.2 Å². The number of hydrogen-bond acceptors (Lipinski definition) is 5. The number of rotatable bonds is 4. The standard InChI is InChI=1S/C24H26N4O2S/c1-24(2,3)17-11-9-16(10-12-17)20-15-31-23(26-20)27-21(29)18-7-6-8-19(25-18)22(30)28-13-4-5-14-28/h6-12,15H,4-5,13-14H2,1-3H3,(H,26,27,29). The van der Waals surface area contributed by atoms with Gasteiger partial charge in [-0.2, -0.15) is 0 Å². The van der Waals surface area contributed by atoms with Crippen molar-refractivity contribution in [2.45, 2.75) is 39.0 Å². The minimum Gasteiger partial charge on any atom is -0.337 e. The second-order valence-corrected chi connectivity index (χ2v) is 9.58. The molecule has 0 aliphatic carbocycles.